The van der Waals surface area contributed by atoms with Gasteiger partial charge in [0.15, 0.2) is 11.5 Å². The zero-order chi connectivity index (χ0) is 21.3. The van der Waals surface area contributed by atoms with E-state index in [0.717, 1.165) is 40.9 Å². The van der Waals surface area contributed by atoms with Crippen molar-refractivity contribution < 1.29 is 14.2 Å². The van der Waals surface area contributed by atoms with Crippen LogP contribution in [0.3, 0.4) is 0 Å². The smallest absolute Gasteiger partial charge is 0.175 e. The number of halogens is 3. The Bertz CT molecular complexity index is 968. The first-order valence-electron chi connectivity index (χ1n) is 9.67. The number of methoxy groups -OCH3 is 2. The summed E-state index contributed by atoms with van der Waals surface area (Å²) in [6.45, 7) is 2.00. The minimum atomic E-state index is 0. The molecular weight excluding hydrogens is 501 g/mol. The summed E-state index contributed by atoms with van der Waals surface area (Å²) in [5.41, 5.74) is 3.34. The summed E-state index contributed by atoms with van der Waals surface area (Å²) >= 11 is 9.56. The van der Waals surface area contributed by atoms with Crippen LogP contribution >= 0.6 is 39.9 Å². The number of para-hydroxylation sites is 1. The molecule has 3 aromatic carbocycles. The van der Waals surface area contributed by atoms with Gasteiger partial charge in [0.25, 0.3) is 0 Å². The molecule has 0 aliphatic rings. The van der Waals surface area contributed by atoms with Gasteiger partial charge in [0, 0.05) is 11.6 Å². The molecule has 0 saturated heterocycles. The number of rotatable bonds is 10. The van der Waals surface area contributed by atoms with Crippen molar-refractivity contribution in [3.05, 3.63) is 86.8 Å². The van der Waals surface area contributed by atoms with Crippen molar-refractivity contribution >= 4 is 39.9 Å². The maximum Gasteiger partial charge on any atom is 0.175 e. The second-order valence-electron chi connectivity index (χ2n) is 6.76. The van der Waals surface area contributed by atoms with Crippen LogP contribution in [-0.4, -0.2) is 20.8 Å². The van der Waals surface area contributed by atoms with E-state index in [0.29, 0.717) is 23.1 Å². The summed E-state index contributed by atoms with van der Waals surface area (Å²) in [6, 6.07) is 19.7. The van der Waals surface area contributed by atoms with Gasteiger partial charge in [0.05, 0.1) is 18.7 Å². The molecule has 0 saturated carbocycles. The Balaban J connectivity index is 0.00000341. The molecule has 0 atom stereocenters. The van der Waals surface area contributed by atoms with Gasteiger partial charge >= 0.3 is 0 Å². The number of benzene rings is 3. The van der Waals surface area contributed by atoms with E-state index in [-0.39, 0.29) is 12.4 Å². The Hall–Kier alpha value is -1.92. The lowest BCUT2D eigenvalue weighted by molar-refractivity contribution is 0.282. The molecule has 0 aliphatic carbocycles. The molecule has 0 spiro atoms. The summed E-state index contributed by atoms with van der Waals surface area (Å²) in [7, 11) is 3.35. The van der Waals surface area contributed by atoms with E-state index >= 15 is 0 Å². The van der Waals surface area contributed by atoms with Crippen molar-refractivity contribution in [3.63, 3.8) is 0 Å². The molecule has 31 heavy (non-hydrogen) atoms. The number of hydrogen-bond acceptors (Lipinski definition) is 4. The van der Waals surface area contributed by atoms with Gasteiger partial charge in [-0.2, -0.15) is 0 Å². The van der Waals surface area contributed by atoms with Crippen molar-refractivity contribution in [1.82, 2.24) is 5.32 Å². The zero-order valence-electron chi connectivity index (χ0n) is 17.5. The first kappa shape index (κ1) is 25.3. The monoisotopic (exact) mass is 525 g/mol. The molecule has 0 aromatic heterocycles. The first-order valence-corrected chi connectivity index (χ1v) is 10.8. The maximum absolute atomic E-state index is 6.00. The minimum Gasteiger partial charge on any atom is -0.496 e. The van der Waals surface area contributed by atoms with Crippen LogP contribution < -0.4 is 19.5 Å². The van der Waals surface area contributed by atoms with Crippen LogP contribution in [0.2, 0.25) is 5.02 Å². The van der Waals surface area contributed by atoms with Crippen LogP contribution in [-0.2, 0) is 19.6 Å². The molecule has 0 fully saturated rings. The third-order valence-electron chi connectivity index (χ3n) is 4.68. The Morgan fingerprint density at radius 2 is 1.61 bits per heavy atom. The predicted octanol–water partition coefficient (Wildman–Crippen LogP) is 6.45. The zero-order valence-corrected chi connectivity index (χ0v) is 20.6. The molecule has 1 N–H and O–H groups in total. The number of hydrogen-bond donors (Lipinski definition) is 1. The Kier molecular flexibility index (Phi) is 10.5. The lowest BCUT2D eigenvalue weighted by atomic mass is 10.1. The van der Waals surface area contributed by atoms with Gasteiger partial charge < -0.3 is 19.5 Å². The molecule has 7 heteroatoms. The predicted molar refractivity (Wildman–Crippen MR) is 132 cm³/mol. The summed E-state index contributed by atoms with van der Waals surface area (Å²) in [6.07, 6.45) is 0.893. The molecule has 166 valence electrons. The normalized spacial score (nSPS) is 10.3. The third kappa shape index (κ3) is 7.32. The van der Waals surface area contributed by atoms with Crippen molar-refractivity contribution in [2.24, 2.45) is 0 Å². The van der Waals surface area contributed by atoms with Crippen LogP contribution in [0.25, 0.3) is 0 Å². The number of nitrogens with one attached hydrogen (secondary N) is 1. The number of ether oxygens (including phenoxy) is 3. The van der Waals surface area contributed by atoms with E-state index in [4.69, 9.17) is 25.8 Å². The maximum atomic E-state index is 6.00. The van der Waals surface area contributed by atoms with Gasteiger partial charge in [0.1, 0.15) is 12.4 Å². The van der Waals surface area contributed by atoms with Crippen molar-refractivity contribution in [3.8, 4) is 17.2 Å². The van der Waals surface area contributed by atoms with Gasteiger partial charge in [0.2, 0.25) is 0 Å². The molecule has 0 unspecified atom stereocenters. The standard InChI is InChI=1S/C24H25BrClNO3.ClH/c1-28-22-6-4-3-5-19(22)11-12-27-15-18-13-21(25)24(23(14-18)29-2)30-16-17-7-9-20(26)10-8-17;/h3-10,13-14,27H,11-12,15-16H2,1-2H3;1H. The van der Waals surface area contributed by atoms with Crippen molar-refractivity contribution in [1.29, 1.82) is 0 Å². The lowest BCUT2D eigenvalue weighted by Gasteiger charge is -2.15. The minimum absolute atomic E-state index is 0. The fourth-order valence-electron chi connectivity index (χ4n) is 3.12. The van der Waals surface area contributed by atoms with Gasteiger partial charge in [-0.15, -0.1) is 12.4 Å². The summed E-state index contributed by atoms with van der Waals surface area (Å²) in [5, 5.41) is 4.19. The SMILES string of the molecule is COc1ccccc1CCNCc1cc(Br)c(OCc2ccc(Cl)cc2)c(OC)c1.Cl. The Labute approximate surface area is 203 Å². The van der Waals surface area contributed by atoms with E-state index in [2.05, 4.69) is 33.4 Å². The highest BCUT2D eigenvalue weighted by Gasteiger charge is 2.12. The molecule has 0 heterocycles. The second-order valence-corrected chi connectivity index (χ2v) is 8.05. The first-order chi connectivity index (χ1) is 14.6. The molecule has 3 rings (SSSR count). The lowest BCUT2D eigenvalue weighted by Crippen LogP contribution is -2.17. The molecule has 0 radical (unpaired) electrons. The summed E-state index contributed by atoms with van der Waals surface area (Å²) < 4.78 is 17.8. The van der Waals surface area contributed by atoms with Crippen LogP contribution in [0.5, 0.6) is 17.2 Å². The van der Waals surface area contributed by atoms with Gasteiger partial charge in [-0.25, -0.2) is 0 Å². The average molecular weight is 527 g/mol. The fourth-order valence-corrected chi connectivity index (χ4v) is 3.85. The van der Waals surface area contributed by atoms with E-state index < -0.39 is 0 Å². The molecule has 0 bridgehead atoms. The highest BCUT2D eigenvalue weighted by molar-refractivity contribution is 9.10. The van der Waals surface area contributed by atoms with E-state index in [9.17, 15) is 0 Å². The Morgan fingerprint density at radius 1 is 0.903 bits per heavy atom. The van der Waals surface area contributed by atoms with E-state index in [1.165, 1.54) is 5.56 Å². The van der Waals surface area contributed by atoms with Crippen LogP contribution in [0.15, 0.2) is 65.1 Å². The quantitative estimate of drug-likeness (QED) is 0.308. The van der Waals surface area contributed by atoms with Crippen LogP contribution in [0.1, 0.15) is 16.7 Å². The topological polar surface area (TPSA) is 39.7 Å². The second kappa shape index (κ2) is 12.8. The highest BCUT2D eigenvalue weighted by Crippen LogP contribution is 2.37. The van der Waals surface area contributed by atoms with Crippen molar-refractivity contribution in [2.75, 3.05) is 20.8 Å². The molecular formula is C24H26BrCl2NO3. The highest BCUT2D eigenvalue weighted by atomic mass is 79.9. The van der Waals surface area contributed by atoms with Gasteiger partial charge in [-0.3, -0.25) is 0 Å². The van der Waals surface area contributed by atoms with Crippen LogP contribution in [0.4, 0.5) is 0 Å². The molecule has 0 amide bonds. The Morgan fingerprint density at radius 3 is 2.32 bits per heavy atom. The molecule has 0 aliphatic heterocycles. The average Bonchev–Trinajstić information content (AvgIpc) is 2.77. The third-order valence-corrected chi connectivity index (χ3v) is 5.52. The molecule has 4 nitrogen and oxygen atoms in total. The summed E-state index contributed by atoms with van der Waals surface area (Å²) in [5.74, 6) is 2.30. The van der Waals surface area contributed by atoms with E-state index in [1.807, 2.05) is 48.5 Å². The van der Waals surface area contributed by atoms with Crippen molar-refractivity contribution in [2.45, 2.75) is 19.6 Å². The summed E-state index contributed by atoms with van der Waals surface area (Å²) in [4.78, 5) is 0. The molecule has 3 aromatic rings. The van der Waals surface area contributed by atoms with E-state index in [1.54, 1.807) is 14.2 Å². The van der Waals surface area contributed by atoms with Gasteiger partial charge in [-0.1, -0.05) is 41.9 Å². The van der Waals surface area contributed by atoms with Crippen LogP contribution in [0, 0.1) is 0 Å². The fraction of sp³-hybridized carbons (Fsp3) is 0.250. The van der Waals surface area contributed by atoms with Gasteiger partial charge in [-0.05, 0) is 75.9 Å². The largest absolute Gasteiger partial charge is 0.496 e.